The Morgan fingerprint density at radius 2 is 2.04 bits per heavy atom. The molecule has 1 aliphatic rings. The van der Waals surface area contributed by atoms with Crippen LogP contribution in [0.3, 0.4) is 0 Å². The van der Waals surface area contributed by atoms with Crippen LogP contribution in [0.4, 0.5) is 5.82 Å². The molecule has 0 spiro atoms. The van der Waals surface area contributed by atoms with Crippen molar-refractivity contribution in [1.82, 2.24) is 9.55 Å². The molecule has 0 saturated carbocycles. The predicted molar refractivity (Wildman–Crippen MR) is 103 cm³/mol. The first-order valence-electron chi connectivity index (χ1n) is 8.45. The smallest absolute Gasteiger partial charge is 0.226 e. The summed E-state index contributed by atoms with van der Waals surface area (Å²) in [5.74, 6) is 1.72. The van der Waals surface area contributed by atoms with Gasteiger partial charge in [0.25, 0.3) is 0 Å². The number of rotatable bonds is 4. The molecular formula is C20H18ClN3O3. The van der Waals surface area contributed by atoms with Crippen LogP contribution in [0.15, 0.2) is 48.8 Å². The summed E-state index contributed by atoms with van der Waals surface area (Å²) in [5, 5.41) is 3.56. The van der Waals surface area contributed by atoms with Crippen molar-refractivity contribution in [2.24, 2.45) is 0 Å². The van der Waals surface area contributed by atoms with E-state index >= 15 is 0 Å². The summed E-state index contributed by atoms with van der Waals surface area (Å²) in [6.07, 6.45) is 1.99. The van der Waals surface area contributed by atoms with Crippen LogP contribution in [0.1, 0.15) is 23.6 Å². The number of aromatic nitrogens is 2. The molecule has 0 unspecified atom stereocenters. The third-order valence-electron chi connectivity index (χ3n) is 4.68. The maximum absolute atomic E-state index is 12.4. The number of anilines is 1. The Labute approximate surface area is 161 Å². The molecule has 1 N–H and O–H groups in total. The Bertz CT molecular complexity index is 1020. The van der Waals surface area contributed by atoms with E-state index in [9.17, 15) is 4.79 Å². The number of carbonyl (C=O) groups excluding carboxylic acids is 1. The van der Waals surface area contributed by atoms with E-state index < -0.39 is 0 Å². The lowest BCUT2D eigenvalue weighted by molar-refractivity contribution is -0.116. The average molecular weight is 384 g/mol. The predicted octanol–water partition coefficient (Wildman–Crippen LogP) is 4.02. The van der Waals surface area contributed by atoms with E-state index in [1.807, 2.05) is 41.0 Å². The summed E-state index contributed by atoms with van der Waals surface area (Å²) in [7, 11) is 3.21. The van der Waals surface area contributed by atoms with Crippen molar-refractivity contribution < 1.29 is 14.3 Å². The molecule has 1 aromatic heterocycles. The first kappa shape index (κ1) is 17.4. The minimum absolute atomic E-state index is 0.0749. The second kappa shape index (κ2) is 6.96. The van der Waals surface area contributed by atoms with E-state index in [0.29, 0.717) is 28.8 Å². The fourth-order valence-electron chi connectivity index (χ4n) is 3.39. The van der Waals surface area contributed by atoms with Gasteiger partial charge in [0.1, 0.15) is 23.6 Å². The Morgan fingerprint density at radius 1 is 1.19 bits per heavy atom. The molecule has 3 aromatic rings. The molecular weight excluding hydrogens is 366 g/mol. The normalized spacial score (nSPS) is 15.8. The van der Waals surface area contributed by atoms with E-state index in [2.05, 4.69) is 10.3 Å². The standard InChI is InChI=1S/C20H18ClN3O3/c1-26-14-6-7-15(17(9-14)27-2)16-10-18(25)23-20-19(16)22-11-24(20)13-5-3-4-12(21)8-13/h3-9,11,16H,10H2,1-2H3,(H,23,25)/t16-/m0/s1. The molecule has 6 nitrogen and oxygen atoms in total. The van der Waals surface area contributed by atoms with E-state index in [1.54, 1.807) is 26.6 Å². The third kappa shape index (κ3) is 3.13. The molecule has 27 heavy (non-hydrogen) atoms. The van der Waals surface area contributed by atoms with Gasteiger partial charge in [0, 0.05) is 34.7 Å². The summed E-state index contributed by atoms with van der Waals surface area (Å²) in [4.78, 5) is 17.0. The summed E-state index contributed by atoms with van der Waals surface area (Å²) in [6, 6.07) is 13.0. The van der Waals surface area contributed by atoms with Crippen molar-refractivity contribution in [3.63, 3.8) is 0 Å². The maximum atomic E-state index is 12.4. The van der Waals surface area contributed by atoms with Gasteiger partial charge in [0.2, 0.25) is 5.91 Å². The lowest BCUT2D eigenvalue weighted by atomic mass is 9.89. The van der Waals surface area contributed by atoms with E-state index in [1.165, 1.54) is 0 Å². The third-order valence-corrected chi connectivity index (χ3v) is 4.91. The Kier molecular flexibility index (Phi) is 4.49. The summed E-state index contributed by atoms with van der Waals surface area (Å²) < 4.78 is 12.6. The molecule has 1 amide bonds. The van der Waals surface area contributed by atoms with E-state index in [-0.39, 0.29) is 11.8 Å². The first-order chi connectivity index (χ1) is 13.1. The second-order valence-electron chi connectivity index (χ2n) is 6.24. The van der Waals surface area contributed by atoms with Gasteiger partial charge in [-0.2, -0.15) is 0 Å². The summed E-state index contributed by atoms with van der Waals surface area (Å²) in [5.41, 5.74) is 2.52. The number of methoxy groups -OCH3 is 2. The van der Waals surface area contributed by atoms with Crippen LogP contribution in [0, 0.1) is 0 Å². The van der Waals surface area contributed by atoms with Crippen LogP contribution in [0.25, 0.3) is 5.69 Å². The van der Waals surface area contributed by atoms with E-state index in [0.717, 1.165) is 16.9 Å². The van der Waals surface area contributed by atoms with Gasteiger partial charge in [0.05, 0.1) is 19.9 Å². The lowest BCUT2D eigenvalue weighted by Crippen LogP contribution is -2.25. The van der Waals surface area contributed by atoms with Gasteiger partial charge in [-0.05, 0) is 24.3 Å². The highest BCUT2D eigenvalue weighted by molar-refractivity contribution is 6.30. The number of imidazole rings is 1. The van der Waals surface area contributed by atoms with Crippen LogP contribution in [-0.4, -0.2) is 29.7 Å². The van der Waals surface area contributed by atoms with E-state index in [4.69, 9.17) is 21.1 Å². The summed E-state index contributed by atoms with van der Waals surface area (Å²) >= 11 is 6.12. The van der Waals surface area contributed by atoms with Crippen LogP contribution in [0.2, 0.25) is 5.02 Å². The largest absolute Gasteiger partial charge is 0.497 e. The van der Waals surface area contributed by atoms with Gasteiger partial charge >= 0.3 is 0 Å². The molecule has 7 heteroatoms. The summed E-state index contributed by atoms with van der Waals surface area (Å²) in [6.45, 7) is 0. The van der Waals surface area contributed by atoms with Crippen LogP contribution in [-0.2, 0) is 4.79 Å². The highest BCUT2D eigenvalue weighted by Gasteiger charge is 2.32. The number of hydrogen-bond donors (Lipinski definition) is 1. The molecule has 4 rings (SSSR count). The molecule has 0 saturated heterocycles. The van der Waals surface area contributed by atoms with Gasteiger partial charge in [0.15, 0.2) is 0 Å². The maximum Gasteiger partial charge on any atom is 0.226 e. The monoisotopic (exact) mass is 383 g/mol. The highest BCUT2D eigenvalue weighted by Crippen LogP contribution is 2.41. The number of ether oxygens (including phenoxy) is 2. The van der Waals surface area contributed by atoms with Crippen molar-refractivity contribution in [2.45, 2.75) is 12.3 Å². The molecule has 0 fully saturated rings. The van der Waals surface area contributed by atoms with Gasteiger partial charge in [-0.1, -0.05) is 23.7 Å². The molecule has 2 aromatic carbocycles. The average Bonchev–Trinajstić information content (AvgIpc) is 3.10. The second-order valence-corrected chi connectivity index (χ2v) is 6.68. The van der Waals surface area contributed by atoms with Gasteiger partial charge in [-0.3, -0.25) is 9.36 Å². The van der Waals surface area contributed by atoms with Crippen molar-refractivity contribution >= 4 is 23.3 Å². The zero-order valence-electron chi connectivity index (χ0n) is 14.9. The number of carbonyl (C=O) groups is 1. The number of hydrogen-bond acceptors (Lipinski definition) is 4. The van der Waals surface area contributed by atoms with Crippen molar-refractivity contribution in [1.29, 1.82) is 0 Å². The molecule has 0 radical (unpaired) electrons. The number of nitrogens with zero attached hydrogens (tertiary/aromatic N) is 2. The van der Waals surface area contributed by atoms with Gasteiger partial charge in [-0.25, -0.2) is 4.98 Å². The topological polar surface area (TPSA) is 65.4 Å². The molecule has 1 aliphatic heterocycles. The van der Waals surface area contributed by atoms with Gasteiger partial charge < -0.3 is 14.8 Å². The number of fused-ring (bicyclic) bond motifs is 1. The van der Waals surface area contributed by atoms with Crippen LogP contribution < -0.4 is 14.8 Å². The van der Waals surface area contributed by atoms with Crippen LogP contribution >= 0.6 is 11.6 Å². The van der Waals surface area contributed by atoms with Crippen molar-refractivity contribution in [3.8, 4) is 17.2 Å². The number of nitrogens with one attached hydrogen (secondary N) is 1. The highest BCUT2D eigenvalue weighted by atomic mass is 35.5. The number of amides is 1. The zero-order chi connectivity index (χ0) is 19.0. The Morgan fingerprint density at radius 3 is 2.78 bits per heavy atom. The minimum atomic E-state index is -0.213. The SMILES string of the molecule is COc1ccc([C@@H]2CC(=O)Nc3c2ncn3-c2cccc(Cl)c2)c(OC)c1. The van der Waals surface area contributed by atoms with Crippen molar-refractivity contribution in [3.05, 3.63) is 65.1 Å². The lowest BCUT2D eigenvalue weighted by Gasteiger charge is -2.25. The fraction of sp³-hybridized carbons (Fsp3) is 0.200. The number of benzene rings is 2. The minimum Gasteiger partial charge on any atom is -0.497 e. The Hall–Kier alpha value is -2.99. The Balaban J connectivity index is 1.82. The molecule has 2 heterocycles. The molecule has 1 atom stereocenters. The van der Waals surface area contributed by atoms with Gasteiger partial charge in [-0.15, -0.1) is 0 Å². The van der Waals surface area contributed by atoms with Crippen molar-refractivity contribution in [2.75, 3.05) is 19.5 Å². The van der Waals surface area contributed by atoms with Crippen LogP contribution in [0.5, 0.6) is 11.5 Å². The molecule has 0 bridgehead atoms. The first-order valence-corrected chi connectivity index (χ1v) is 8.83. The number of halogens is 1. The zero-order valence-corrected chi connectivity index (χ0v) is 15.7. The molecule has 138 valence electrons. The molecule has 0 aliphatic carbocycles. The quantitative estimate of drug-likeness (QED) is 0.739. The fourth-order valence-corrected chi connectivity index (χ4v) is 3.58.